The van der Waals surface area contributed by atoms with Crippen molar-refractivity contribution in [2.24, 2.45) is 5.84 Å². The molecule has 1 aromatic carbocycles. The molecule has 0 bridgehead atoms. The Morgan fingerprint density at radius 3 is 3.00 bits per heavy atom. The summed E-state index contributed by atoms with van der Waals surface area (Å²) in [6, 6.07) is 5.42. The summed E-state index contributed by atoms with van der Waals surface area (Å²) in [5, 5.41) is 3.48. The monoisotopic (exact) mass is 296 g/mol. The van der Waals surface area contributed by atoms with Crippen molar-refractivity contribution in [1.29, 1.82) is 0 Å². The van der Waals surface area contributed by atoms with Crippen molar-refractivity contribution in [3.63, 3.8) is 0 Å². The van der Waals surface area contributed by atoms with Crippen LogP contribution < -0.4 is 16.6 Å². The van der Waals surface area contributed by atoms with Crippen LogP contribution in [0.3, 0.4) is 0 Å². The molecule has 0 aliphatic carbocycles. The lowest BCUT2D eigenvalue weighted by molar-refractivity contribution is 0.0929. The van der Waals surface area contributed by atoms with Gasteiger partial charge in [-0.25, -0.2) is 0 Å². The molecule has 20 heavy (non-hydrogen) atoms. The Hall–Kier alpha value is -1.30. The Morgan fingerprint density at radius 2 is 2.30 bits per heavy atom. The molecule has 1 aliphatic rings. The van der Waals surface area contributed by atoms with Gasteiger partial charge >= 0.3 is 0 Å². The van der Waals surface area contributed by atoms with Gasteiger partial charge in [0, 0.05) is 17.6 Å². The lowest BCUT2D eigenvalue weighted by Gasteiger charge is -2.32. The van der Waals surface area contributed by atoms with Gasteiger partial charge in [-0.15, -0.1) is 0 Å². The fourth-order valence-electron chi connectivity index (χ4n) is 2.54. The van der Waals surface area contributed by atoms with Crippen LogP contribution in [0.25, 0.3) is 0 Å². The molecule has 4 N–H and O–H groups in total. The van der Waals surface area contributed by atoms with E-state index in [9.17, 15) is 4.79 Å². The number of nitrogens with one attached hydrogen (secondary N) is 2. The van der Waals surface area contributed by atoms with Gasteiger partial charge in [0.05, 0.1) is 11.3 Å². The van der Waals surface area contributed by atoms with Crippen LogP contribution in [-0.2, 0) is 0 Å². The number of anilines is 1. The SMILES string of the molecule is CN1CCCCC1CNC(=O)c1cc(Cl)ccc1NN. The van der Waals surface area contributed by atoms with Gasteiger partial charge < -0.3 is 15.6 Å². The molecule has 0 saturated carbocycles. The number of carbonyl (C=O) groups is 1. The molecule has 1 amide bonds. The van der Waals surface area contributed by atoms with Crippen LogP contribution >= 0.6 is 11.6 Å². The summed E-state index contributed by atoms with van der Waals surface area (Å²) in [5.74, 6) is 5.26. The number of likely N-dealkylation sites (N-methyl/N-ethyl adjacent to an activating group) is 1. The standard InChI is InChI=1S/C14H21ClN4O/c1-19-7-3-2-4-11(19)9-17-14(20)12-8-10(15)5-6-13(12)18-16/h5-6,8,11,18H,2-4,7,9,16H2,1H3,(H,17,20). The summed E-state index contributed by atoms with van der Waals surface area (Å²) in [6.45, 7) is 1.74. The fraction of sp³-hybridized carbons (Fsp3) is 0.500. The molecule has 1 saturated heterocycles. The van der Waals surface area contributed by atoms with Crippen molar-refractivity contribution < 1.29 is 4.79 Å². The average molecular weight is 297 g/mol. The molecule has 0 aromatic heterocycles. The molecule has 1 unspecified atom stereocenters. The number of rotatable bonds is 4. The second-order valence-electron chi connectivity index (χ2n) is 5.17. The third-order valence-corrected chi connectivity index (χ3v) is 4.04. The van der Waals surface area contributed by atoms with E-state index in [-0.39, 0.29) is 5.91 Å². The second kappa shape index (κ2) is 6.92. The molecule has 5 nitrogen and oxygen atoms in total. The maximum atomic E-state index is 12.2. The third-order valence-electron chi connectivity index (χ3n) is 3.80. The van der Waals surface area contributed by atoms with Crippen LogP contribution in [0.4, 0.5) is 5.69 Å². The highest BCUT2D eigenvalue weighted by atomic mass is 35.5. The molecule has 1 heterocycles. The van der Waals surface area contributed by atoms with Crippen molar-refractivity contribution in [1.82, 2.24) is 10.2 Å². The first kappa shape index (κ1) is 15.1. The Morgan fingerprint density at radius 1 is 1.50 bits per heavy atom. The predicted octanol–water partition coefficient (Wildman–Crippen LogP) is 1.84. The van der Waals surface area contributed by atoms with E-state index in [1.165, 1.54) is 12.8 Å². The fourth-order valence-corrected chi connectivity index (χ4v) is 2.71. The molecule has 1 aliphatic heterocycles. The Labute approximate surface area is 124 Å². The van der Waals surface area contributed by atoms with E-state index < -0.39 is 0 Å². The zero-order valence-corrected chi connectivity index (χ0v) is 12.4. The molecular weight excluding hydrogens is 276 g/mol. The largest absolute Gasteiger partial charge is 0.350 e. The zero-order valence-electron chi connectivity index (χ0n) is 11.7. The van der Waals surface area contributed by atoms with E-state index in [0.29, 0.717) is 28.9 Å². The lowest BCUT2D eigenvalue weighted by atomic mass is 10.0. The molecule has 1 atom stereocenters. The van der Waals surface area contributed by atoms with Crippen LogP contribution in [0.5, 0.6) is 0 Å². The minimum Gasteiger partial charge on any atom is -0.350 e. The van der Waals surface area contributed by atoms with Gasteiger partial charge in [-0.05, 0) is 44.6 Å². The molecule has 1 aromatic rings. The molecule has 0 radical (unpaired) electrons. The van der Waals surface area contributed by atoms with Crippen molar-refractivity contribution in [2.45, 2.75) is 25.3 Å². The maximum absolute atomic E-state index is 12.2. The smallest absolute Gasteiger partial charge is 0.253 e. The quantitative estimate of drug-likeness (QED) is 0.586. The highest BCUT2D eigenvalue weighted by molar-refractivity contribution is 6.31. The number of benzene rings is 1. The number of halogens is 1. The number of nitrogen functional groups attached to an aromatic ring is 1. The number of piperidine rings is 1. The van der Waals surface area contributed by atoms with Gasteiger partial charge in [0.25, 0.3) is 5.91 Å². The van der Waals surface area contributed by atoms with Gasteiger partial charge in [0.2, 0.25) is 0 Å². The van der Waals surface area contributed by atoms with Crippen LogP contribution in [0.15, 0.2) is 18.2 Å². The summed E-state index contributed by atoms with van der Waals surface area (Å²) in [5.41, 5.74) is 3.56. The number of hydrogen-bond donors (Lipinski definition) is 3. The van der Waals surface area contributed by atoms with Gasteiger partial charge in [-0.3, -0.25) is 10.6 Å². The minimum atomic E-state index is -0.153. The normalized spacial score (nSPS) is 19.6. The Kier molecular flexibility index (Phi) is 5.23. The van der Waals surface area contributed by atoms with Gasteiger partial charge in [-0.1, -0.05) is 18.0 Å². The van der Waals surface area contributed by atoms with Crippen LogP contribution in [-0.4, -0.2) is 37.0 Å². The summed E-state index contributed by atoms with van der Waals surface area (Å²) in [4.78, 5) is 14.5. The van der Waals surface area contributed by atoms with Gasteiger partial charge in [0.15, 0.2) is 0 Å². The number of nitrogens with two attached hydrogens (primary N) is 1. The second-order valence-corrected chi connectivity index (χ2v) is 5.61. The number of hydrazine groups is 1. The first-order valence-electron chi connectivity index (χ1n) is 6.86. The molecule has 6 heteroatoms. The van der Waals surface area contributed by atoms with Crippen molar-refractivity contribution in [3.8, 4) is 0 Å². The summed E-state index contributed by atoms with van der Waals surface area (Å²) in [7, 11) is 2.10. The van der Waals surface area contributed by atoms with E-state index >= 15 is 0 Å². The number of nitrogens with zero attached hydrogens (tertiary/aromatic N) is 1. The van der Waals surface area contributed by atoms with Crippen LogP contribution in [0.1, 0.15) is 29.6 Å². The van der Waals surface area contributed by atoms with E-state index in [0.717, 1.165) is 13.0 Å². The number of likely N-dealkylation sites (tertiary alicyclic amines) is 1. The summed E-state index contributed by atoms with van der Waals surface area (Å²) >= 11 is 5.93. The molecule has 2 rings (SSSR count). The topological polar surface area (TPSA) is 70.4 Å². The number of carbonyl (C=O) groups excluding carboxylic acids is 1. The van der Waals surface area contributed by atoms with Crippen molar-refractivity contribution in [2.75, 3.05) is 25.6 Å². The maximum Gasteiger partial charge on any atom is 0.253 e. The summed E-state index contributed by atoms with van der Waals surface area (Å²) < 4.78 is 0. The Balaban J connectivity index is 1.99. The first-order chi connectivity index (χ1) is 9.61. The minimum absolute atomic E-state index is 0.153. The zero-order chi connectivity index (χ0) is 14.5. The highest BCUT2D eigenvalue weighted by Gasteiger charge is 2.20. The molecule has 110 valence electrons. The van der Waals surface area contributed by atoms with Crippen LogP contribution in [0, 0.1) is 0 Å². The third kappa shape index (κ3) is 3.62. The van der Waals surface area contributed by atoms with E-state index in [1.54, 1.807) is 18.2 Å². The average Bonchev–Trinajstić information content (AvgIpc) is 2.46. The van der Waals surface area contributed by atoms with E-state index in [2.05, 4.69) is 22.7 Å². The summed E-state index contributed by atoms with van der Waals surface area (Å²) in [6.07, 6.45) is 3.57. The first-order valence-corrected chi connectivity index (χ1v) is 7.24. The van der Waals surface area contributed by atoms with Gasteiger partial charge in [0.1, 0.15) is 0 Å². The van der Waals surface area contributed by atoms with Crippen molar-refractivity contribution in [3.05, 3.63) is 28.8 Å². The van der Waals surface area contributed by atoms with E-state index in [1.807, 2.05) is 0 Å². The molecule has 0 spiro atoms. The van der Waals surface area contributed by atoms with Crippen molar-refractivity contribution >= 4 is 23.2 Å². The van der Waals surface area contributed by atoms with Gasteiger partial charge in [-0.2, -0.15) is 0 Å². The lowest BCUT2D eigenvalue weighted by Crippen LogP contribution is -2.44. The highest BCUT2D eigenvalue weighted by Crippen LogP contribution is 2.20. The van der Waals surface area contributed by atoms with E-state index in [4.69, 9.17) is 17.4 Å². The van der Waals surface area contributed by atoms with Crippen LogP contribution in [0.2, 0.25) is 5.02 Å². The Bertz CT molecular complexity index is 480. The molecular formula is C14H21ClN4O. The number of hydrogen-bond acceptors (Lipinski definition) is 4. The number of amides is 1. The molecule has 1 fully saturated rings. The predicted molar refractivity (Wildman–Crippen MR) is 81.9 cm³/mol.